The van der Waals surface area contributed by atoms with Crippen LogP contribution in [0.5, 0.6) is 0 Å². The number of nitrogens with two attached hydrogens (primary N) is 1. The Hall–Kier alpha value is -0.970. The van der Waals surface area contributed by atoms with Gasteiger partial charge in [0.2, 0.25) is 6.29 Å². The zero-order valence-electron chi connectivity index (χ0n) is 3.40. The first kappa shape index (κ1) is 6.03. The van der Waals surface area contributed by atoms with E-state index in [1.165, 1.54) is 0 Å². The van der Waals surface area contributed by atoms with Gasteiger partial charge in [-0.3, -0.25) is 20.6 Å². The van der Waals surface area contributed by atoms with Crippen LogP contribution in [0.25, 0.3) is 0 Å². The first-order chi connectivity index (χ1) is 3.18. The lowest BCUT2D eigenvalue weighted by atomic mass is 10.6. The molecule has 0 spiro atoms. The molecule has 1 unspecified atom stereocenters. The van der Waals surface area contributed by atoms with Crippen molar-refractivity contribution in [3.63, 3.8) is 0 Å². The smallest absolute Gasteiger partial charge is 0.294 e. The zero-order valence-corrected chi connectivity index (χ0v) is 3.40. The average molecular weight is 104 g/mol. The molecule has 0 bridgehead atoms. The minimum atomic E-state index is -1.56. The van der Waals surface area contributed by atoms with E-state index in [1.807, 2.05) is 0 Å². The molecule has 0 amide bonds. The maximum absolute atomic E-state index is 9.38. The molecule has 2 N–H and O–H groups in total. The van der Waals surface area contributed by atoms with Gasteiger partial charge in [0.1, 0.15) is 0 Å². The highest BCUT2D eigenvalue weighted by Gasteiger charge is 2.08. The minimum absolute atomic E-state index is 0.0694. The van der Waals surface area contributed by atoms with E-state index in [0.29, 0.717) is 0 Å². The number of carbonyl (C=O) groups excluding carboxylic acids is 1. The van der Waals surface area contributed by atoms with Gasteiger partial charge in [-0.05, 0) is 0 Å². The monoisotopic (exact) mass is 104 g/mol. The Morgan fingerprint density at radius 2 is 2.29 bits per heavy atom. The van der Waals surface area contributed by atoms with Gasteiger partial charge in [0, 0.05) is 4.92 Å². The zero-order chi connectivity index (χ0) is 5.86. The van der Waals surface area contributed by atoms with Crippen LogP contribution >= 0.6 is 0 Å². The Bertz CT molecular complexity index is 90.9. The van der Waals surface area contributed by atoms with Gasteiger partial charge in [-0.1, -0.05) is 0 Å². The fourth-order valence-corrected chi connectivity index (χ4v) is 0.0497. The first-order valence-corrected chi connectivity index (χ1v) is 1.53. The number of carbonyl (C=O) groups is 1. The van der Waals surface area contributed by atoms with Gasteiger partial charge in [0.05, 0.1) is 0 Å². The average Bonchev–Trinajstić information content (AvgIpc) is 1.65. The standard InChI is InChI=1S/C2H4N2O3/c3-2(1-5)4(6)7/h1-2H,3H2. The van der Waals surface area contributed by atoms with Gasteiger partial charge in [0.15, 0.2) is 0 Å². The Morgan fingerprint density at radius 3 is 2.29 bits per heavy atom. The SMILES string of the molecule is NC(C=O)[N+](=O)[O-]. The van der Waals surface area contributed by atoms with E-state index >= 15 is 0 Å². The summed E-state index contributed by atoms with van der Waals surface area (Å²) in [6, 6.07) is 0. The second-order valence-electron chi connectivity index (χ2n) is 0.912. The van der Waals surface area contributed by atoms with Crippen molar-refractivity contribution < 1.29 is 9.72 Å². The third-order valence-corrected chi connectivity index (χ3v) is 0.383. The van der Waals surface area contributed by atoms with Crippen LogP contribution in [-0.4, -0.2) is 17.4 Å². The van der Waals surface area contributed by atoms with Crippen molar-refractivity contribution in [2.45, 2.75) is 6.17 Å². The van der Waals surface area contributed by atoms with Crippen molar-refractivity contribution in [2.75, 3.05) is 0 Å². The van der Waals surface area contributed by atoms with Crippen molar-refractivity contribution >= 4 is 6.29 Å². The van der Waals surface area contributed by atoms with Crippen LogP contribution in [0, 0.1) is 10.1 Å². The first-order valence-electron chi connectivity index (χ1n) is 1.53. The summed E-state index contributed by atoms with van der Waals surface area (Å²) in [5, 5.41) is 9.38. The summed E-state index contributed by atoms with van der Waals surface area (Å²) in [4.78, 5) is 17.9. The lowest BCUT2D eigenvalue weighted by Crippen LogP contribution is -2.30. The van der Waals surface area contributed by atoms with Crippen molar-refractivity contribution in [3.8, 4) is 0 Å². The van der Waals surface area contributed by atoms with Crippen LogP contribution in [0.15, 0.2) is 0 Å². The number of nitrogens with zero attached hydrogens (tertiary/aromatic N) is 1. The van der Waals surface area contributed by atoms with Gasteiger partial charge < -0.3 is 0 Å². The molecule has 0 aromatic carbocycles. The van der Waals surface area contributed by atoms with Gasteiger partial charge in [0.25, 0.3) is 0 Å². The molecule has 0 saturated heterocycles. The molecule has 40 valence electrons. The summed E-state index contributed by atoms with van der Waals surface area (Å²) in [6.45, 7) is 0. The normalized spacial score (nSPS) is 12.7. The number of hydrogen-bond acceptors (Lipinski definition) is 4. The van der Waals surface area contributed by atoms with Gasteiger partial charge in [-0.15, -0.1) is 0 Å². The molecule has 0 radical (unpaired) electrons. The molecule has 0 saturated carbocycles. The van der Waals surface area contributed by atoms with Crippen molar-refractivity contribution in [2.24, 2.45) is 5.73 Å². The molecule has 0 fully saturated rings. The van der Waals surface area contributed by atoms with Crippen molar-refractivity contribution in [1.82, 2.24) is 0 Å². The minimum Gasteiger partial charge on any atom is -0.294 e. The highest BCUT2D eigenvalue weighted by atomic mass is 16.6. The summed E-state index contributed by atoms with van der Waals surface area (Å²) in [5.41, 5.74) is 4.55. The molecular weight excluding hydrogens is 100 g/mol. The molecule has 0 aliphatic carbocycles. The number of rotatable bonds is 2. The van der Waals surface area contributed by atoms with Crippen LogP contribution in [0.3, 0.4) is 0 Å². The number of nitro groups is 1. The van der Waals surface area contributed by atoms with E-state index in [2.05, 4.69) is 5.73 Å². The predicted octanol–water partition coefficient (Wildman–Crippen LogP) is -1.25. The highest BCUT2D eigenvalue weighted by Crippen LogP contribution is 1.68. The van der Waals surface area contributed by atoms with E-state index in [-0.39, 0.29) is 6.29 Å². The second kappa shape index (κ2) is 2.25. The summed E-state index contributed by atoms with van der Waals surface area (Å²) in [7, 11) is 0. The maximum Gasteiger partial charge on any atom is 0.318 e. The molecule has 0 aromatic rings. The van der Waals surface area contributed by atoms with E-state index < -0.39 is 11.1 Å². The van der Waals surface area contributed by atoms with Crippen LogP contribution in [0.1, 0.15) is 0 Å². The van der Waals surface area contributed by atoms with Crippen molar-refractivity contribution in [1.29, 1.82) is 0 Å². The highest BCUT2D eigenvalue weighted by molar-refractivity contribution is 5.54. The fraction of sp³-hybridized carbons (Fsp3) is 0.500. The molecule has 7 heavy (non-hydrogen) atoms. The third-order valence-electron chi connectivity index (χ3n) is 0.383. The van der Waals surface area contributed by atoms with E-state index in [9.17, 15) is 14.9 Å². The summed E-state index contributed by atoms with van der Waals surface area (Å²) >= 11 is 0. The quantitative estimate of drug-likeness (QED) is 0.205. The lowest BCUT2D eigenvalue weighted by molar-refractivity contribution is -0.504. The molecule has 0 aliphatic heterocycles. The lowest BCUT2D eigenvalue weighted by Gasteiger charge is -1.87. The van der Waals surface area contributed by atoms with E-state index in [1.54, 1.807) is 0 Å². The Kier molecular flexibility index (Phi) is 1.94. The molecule has 5 nitrogen and oxygen atoms in total. The fourth-order valence-electron chi connectivity index (χ4n) is 0.0497. The van der Waals surface area contributed by atoms with Gasteiger partial charge in [-0.2, -0.15) is 0 Å². The largest absolute Gasteiger partial charge is 0.318 e. The molecule has 0 aromatic heterocycles. The van der Waals surface area contributed by atoms with E-state index in [4.69, 9.17) is 0 Å². The summed E-state index contributed by atoms with van der Waals surface area (Å²) in [6.07, 6.45) is -1.49. The third kappa shape index (κ3) is 1.83. The van der Waals surface area contributed by atoms with Gasteiger partial charge in [-0.25, -0.2) is 0 Å². The Balaban J connectivity index is 3.55. The second-order valence-corrected chi connectivity index (χ2v) is 0.912. The predicted molar refractivity (Wildman–Crippen MR) is 21.0 cm³/mol. The molecule has 0 heterocycles. The van der Waals surface area contributed by atoms with Crippen LogP contribution in [0.4, 0.5) is 0 Å². The van der Waals surface area contributed by atoms with Crippen LogP contribution in [0.2, 0.25) is 0 Å². The molecule has 0 aliphatic rings. The van der Waals surface area contributed by atoms with Crippen LogP contribution < -0.4 is 5.73 Å². The Morgan fingerprint density at radius 1 is 1.86 bits per heavy atom. The van der Waals surface area contributed by atoms with Gasteiger partial charge >= 0.3 is 6.17 Å². The number of aldehydes is 1. The van der Waals surface area contributed by atoms with Crippen LogP contribution in [-0.2, 0) is 4.79 Å². The Labute approximate surface area is 39.3 Å². The summed E-state index contributed by atoms with van der Waals surface area (Å²) in [5.74, 6) is 0. The molecule has 5 heteroatoms. The maximum atomic E-state index is 9.38. The molecule has 0 rings (SSSR count). The number of hydrogen-bond donors (Lipinski definition) is 1. The topological polar surface area (TPSA) is 86.2 Å². The molecule has 1 atom stereocenters. The van der Waals surface area contributed by atoms with E-state index in [0.717, 1.165) is 0 Å². The van der Waals surface area contributed by atoms with Crippen molar-refractivity contribution in [3.05, 3.63) is 10.1 Å². The molecular formula is C2H4N2O3. The summed E-state index contributed by atoms with van der Waals surface area (Å²) < 4.78 is 0.